The van der Waals surface area contributed by atoms with Crippen molar-refractivity contribution in [1.82, 2.24) is 10.2 Å². The molecule has 1 unspecified atom stereocenters. The zero-order valence-electron chi connectivity index (χ0n) is 11.1. The van der Waals surface area contributed by atoms with Crippen LogP contribution in [0.4, 0.5) is 5.69 Å². The second kappa shape index (κ2) is 5.14. The van der Waals surface area contributed by atoms with Gasteiger partial charge < -0.3 is 10.0 Å². The Morgan fingerprint density at radius 3 is 2.90 bits per heavy atom. The number of rotatable bonds is 3. The van der Waals surface area contributed by atoms with E-state index in [9.17, 15) is 13.5 Å². The van der Waals surface area contributed by atoms with Gasteiger partial charge in [0, 0.05) is 36.1 Å². The van der Waals surface area contributed by atoms with Crippen LogP contribution in [0.15, 0.2) is 35.5 Å². The number of benzene rings is 1. The molecular weight excluding hydrogens is 294 g/mol. The first kappa shape index (κ1) is 14.1. The Bertz CT molecular complexity index is 743. The van der Waals surface area contributed by atoms with Crippen LogP contribution in [-0.4, -0.2) is 34.8 Å². The van der Waals surface area contributed by atoms with Gasteiger partial charge in [-0.1, -0.05) is 0 Å². The Balaban J connectivity index is 1.98. The van der Waals surface area contributed by atoms with Crippen LogP contribution in [-0.2, 0) is 16.7 Å². The number of nitrogens with one attached hydrogen (secondary N) is 1. The molecule has 2 aromatic rings. The molecule has 0 aliphatic carbocycles. The van der Waals surface area contributed by atoms with Gasteiger partial charge in [0.25, 0.3) is 10.1 Å². The molecule has 3 N–H and O–H groups in total. The molecule has 112 valence electrons. The second-order valence-corrected chi connectivity index (χ2v) is 6.45. The maximum Gasteiger partial charge on any atom is 0.294 e. The molecule has 1 aliphatic rings. The lowest BCUT2D eigenvalue weighted by Gasteiger charge is -2.33. The first-order valence-corrected chi connectivity index (χ1v) is 7.91. The van der Waals surface area contributed by atoms with E-state index in [2.05, 4.69) is 10.2 Å². The summed E-state index contributed by atoms with van der Waals surface area (Å²) in [5.74, 6) is 0. The summed E-state index contributed by atoms with van der Waals surface area (Å²) >= 11 is 0. The largest absolute Gasteiger partial charge is 0.388 e. The van der Waals surface area contributed by atoms with Gasteiger partial charge in [-0.05, 0) is 24.6 Å². The maximum atomic E-state index is 11.2. The maximum absolute atomic E-state index is 11.2. The number of aromatic nitrogens is 2. The van der Waals surface area contributed by atoms with E-state index in [-0.39, 0.29) is 4.90 Å². The predicted molar refractivity (Wildman–Crippen MR) is 75.5 cm³/mol. The van der Waals surface area contributed by atoms with Crippen LogP contribution in [0.25, 0.3) is 0 Å². The number of hydrogen-bond donors (Lipinski definition) is 3. The third-order valence-corrected chi connectivity index (χ3v) is 4.45. The van der Waals surface area contributed by atoms with Crippen molar-refractivity contribution in [1.29, 1.82) is 0 Å². The highest BCUT2D eigenvalue weighted by atomic mass is 32.2. The minimum Gasteiger partial charge on any atom is -0.388 e. The Kier molecular flexibility index (Phi) is 3.44. The third kappa shape index (κ3) is 2.78. The molecule has 0 spiro atoms. The summed E-state index contributed by atoms with van der Waals surface area (Å²) in [7, 11) is -4.27. The van der Waals surface area contributed by atoms with Crippen LogP contribution in [0.3, 0.4) is 0 Å². The van der Waals surface area contributed by atoms with Crippen LogP contribution in [0.1, 0.15) is 23.7 Å². The lowest BCUT2D eigenvalue weighted by molar-refractivity contribution is 0.163. The predicted octanol–water partition coefficient (Wildman–Crippen LogP) is 1.10. The quantitative estimate of drug-likeness (QED) is 0.733. The highest BCUT2D eigenvalue weighted by molar-refractivity contribution is 7.85. The number of H-pyrrole nitrogens is 1. The molecule has 2 heterocycles. The number of nitrogens with zero attached hydrogens (tertiary/aromatic N) is 2. The number of hydrogen-bond acceptors (Lipinski definition) is 5. The first-order valence-electron chi connectivity index (χ1n) is 6.47. The summed E-state index contributed by atoms with van der Waals surface area (Å²) in [4.78, 5) is 1.84. The van der Waals surface area contributed by atoms with Crippen molar-refractivity contribution in [3.63, 3.8) is 0 Å². The van der Waals surface area contributed by atoms with E-state index in [1.165, 1.54) is 12.1 Å². The molecule has 7 nitrogen and oxygen atoms in total. The van der Waals surface area contributed by atoms with Crippen molar-refractivity contribution in [2.24, 2.45) is 0 Å². The molecule has 0 amide bonds. The number of aliphatic hydroxyl groups is 1. The number of anilines is 1. The van der Waals surface area contributed by atoms with Gasteiger partial charge in [-0.15, -0.1) is 0 Å². The molecule has 1 aromatic heterocycles. The molecule has 0 saturated heterocycles. The van der Waals surface area contributed by atoms with Gasteiger partial charge in [0.1, 0.15) is 0 Å². The lowest BCUT2D eigenvalue weighted by atomic mass is 9.98. The summed E-state index contributed by atoms with van der Waals surface area (Å²) in [6.45, 7) is 1.27. The van der Waals surface area contributed by atoms with Crippen molar-refractivity contribution in [3.8, 4) is 0 Å². The van der Waals surface area contributed by atoms with Crippen LogP contribution < -0.4 is 4.90 Å². The fraction of sp³-hybridized carbons (Fsp3) is 0.308. The van der Waals surface area contributed by atoms with Gasteiger partial charge in [-0.3, -0.25) is 9.65 Å². The van der Waals surface area contributed by atoms with E-state index in [1.54, 1.807) is 18.5 Å². The summed E-state index contributed by atoms with van der Waals surface area (Å²) in [5, 5.41) is 16.7. The van der Waals surface area contributed by atoms with E-state index in [4.69, 9.17) is 4.55 Å². The van der Waals surface area contributed by atoms with Gasteiger partial charge >= 0.3 is 0 Å². The van der Waals surface area contributed by atoms with E-state index in [0.717, 1.165) is 11.3 Å². The van der Waals surface area contributed by atoms with E-state index < -0.39 is 16.2 Å². The molecule has 3 rings (SSSR count). The third-order valence-electron chi connectivity index (χ3n) is 3.60. The normalized spacial score (nSPS) is 18.6. The Hall–Kier alpha value is -1.90. The molecule has 0 bridgehead atoms. The molecule has 0 saturated carbocycles. The van der Waals surface area contributed by atoms with Crippen molar-refractivity contribution in [2.75, 3.05) is 11.4 Å². The van der Waals surface area contributed by atoms with Crippen molar-refractivity contribution >= 4 is 15.8 Å². The van der Waals surface area contributed by atoms with Crippen LogP contribution in [0.2, 0.25) is 0 Å². The van der Waals surface area contributed by atoms with E-state index >= 15 is 0 Å². The summed E-state index contributed by atoms with van der Waals surface area (Å²) < 4.78 is 31.5. The minimum absolute atomic E-state index is 0.203. The molecule has 1 aliphatic heterocycles. The average molecular weight is 309 g/mol. The molecule has 1 aromatic carbocycles. The van der Waals surface area contributed by atoms with Crippen molar-refractivity contribution in [2.45, 2.75) is 24.0 Å². The van der Waals surface area contributed by atoms with Gasteiger partial charge in [0.15, 0.2) is 0 Å². The van der Waals surface area contributed by atoms with Crippen molar-refractivity contribution < 1.29 is 18.1 Å². The molecule has 1 atom stereocenters. The number of aliphatic hydroxyl groups excluding tert-OH is 1. The van der Waals surface area contributed by atoms with Crippen LogP contribution in [0.5, 0.6) is 0 Å². The summed E-state index contributed by atoms with van der Waals surface area (Å²) in [5.41, 5.74) is 2.28. The van der Waals surface area contributed by atoms with Gasteiger partial charge in [0.2, 0.25) is 0 Å². The fourth-order valence-electron chi connectivity index (χ4n) is 2.55. The standard InChI is InChI=1S/C13H15N3O4S/c17-13-3-4-16(8-9-6-14-15-7-9)12-2-1-10(5-11(12)13)21(18,19)20/h1-2,5-7,13,17H,3-4,8H2,(H,14,15)(H,18,19,20). The summed E-state index contributed by atoms with van der Waals surface area (Å²) in [6.07, 6.45) is 3.27. The smallest absolute Gasteiger partial charge is 0.294 e. The highest BCUT2D eigenvalue weighted by Crippen LogP contribution is 2.36. The van der Waals surface area contributed by atoms with E-state index in [0.29, 0.717) is 25.1 Å². The van der Waals surface area contributed by atoms with Gasteiger partial charge in [-0.25, -0.2) is 0 Å². The highest BCUT2D eigenvalue weighted by Gasteiger charge is 2.25. The minimum atomic E-state index is -4.27. The number of aromatic amines is 1. The van der Waals surface area contributed by atoms with Crippen LogP contribution in [0, 0.1) is 0 Å². The molecule has 0 radical (unpaired) electrons. The summed E-state index contributed by atoms with van der Waals surface area (Å²) in [6, 6.07) is 4.28. The number of fused-ring (bicyclic) bond motifs is 1. The molecular formula is C13H15N3O4S. The monoisotopic (exact) mass is 309 g/mol. The zero-order chi connectivity index (χ0) is 15.0. The van der Waals surface area contributed by atoms with E-state index in [1.807, 2.05) is 4.90 Å². The lowest BCUT2D eigenvalue weighted by Crippen LogP contribution is -2.30. The van der Waals surface area contributed by atoms with Crippen LogP contribution >= 0.6 is 0 Å². The van der Waals surface area contributed by atoms with Gasteiger partial charge in [-0.2, -0.15) is 13.5 Å². The first-order chi connectivity index (χ1) is 9.95. The second-order valence-electron chi connectivity index (χ2n) is 5.03. The average Bonchev–Trinajstić information content (AvgIpc) is 2.94. The Labute approximate surface area is 122 Å². The van der Waals surface area contributed by atoms with Gasteiger partial charge in [0.05, 0.1) is 17.2 Å². The van der Waals surface area contributed by atoms with Crippen molar-refractivity contribution in [3.05, 3.63) is 41.7 Å². The Morgan fingerprint density at radius 2 is 2.24 bits per heavy atom. The molecule has 0 fully saturated rings. The molecule has 21 heavy (non-hydrogen) atoms. The Morgan fingerprint density at radius 1 is 1.43 bits per heavy atom. The SMILES string of the molecule is O=S(=O)(O)c1ccc2c(c1)C(O)CCN2Cc1cn[nH]c1. The topological polar surface area (TPSA) is 107 Å². The zero-order valence-corrected chi connectivity index (χ0v) is 11.9. The fourth-order valence-corrected chi connectivity index (χ4v) is 3.07. The molecule has 8 heteroatoms.